The van der Waals surface area contributed by atoms with Crippen molar-refractivity contribution in [2.75, 3.05) is 26.3 Å². The number of likely N-dealkylation sites (tertiary alicyclic amines) is 1. The molecule has 1 aliphatic heterocycles. The third-order valence-corrected chi connectivity index (χ3v) is 7.38. The van der Waals surface area contributed by atoms with Gasteiger partial charge in [0.25, 0.3) is 0 Å². The largest absolute Gasteiger partial charge is 0.494 e. The Balaban J connectivity index is 1.23. The smallest absolute Gasteiger partial charge is 0.121 e. The van der Waals surface area contributed by atoms with Gasteiger partial charge in [-0.1, -0.05) is 42.3 Å². The zero-order chi connectivity index (χ0) is 25.4. The van der Waals surface area contributed by atoms with Crippen LogP contribution >= 0.6 is 23.2 Å². The number of halogens is 2. The number of nitrogens with zero attached hydrogens (tertiary/aromatic N) is 3. The maximum absolute atomic E-state index is 11.2. The molecular weight excluding hydrogens is 497 g/mol. The summed E-state index contributed by atoms with van der Waals surface area (Å²) in [6.07, 6.45) is 8.02. The van der Waals surface area contributed by atoms with E-state index < -0.39 is 5.60 Å². The number of ether oxygens (including phenoxy) is 2. The Hall–Kier alpha value is -2.25. The molecule has 1 atom stereocenters. The molecule has 0 radical (unpaired) electrons. The first-order valence-electron chi connectivity index (χ1n) is 12.7. The molecular formula is C28H35Cl2N3O3. The van der Waals surface area contributed by atoms with Crippen molar-refractivity contribution in [3.63, 3.8) is 0 Å². The van der Waals surface area contributed by atoms with Gasteiger partial charge < -0.3 is 19.1 Å². The third kappa shape index (κ3) is 7.62. The van der Waals surface area contributed by atoms with Gasteiger partial charge in [-0.25, -0.2) is 4.98 Å². The second kappa shape index (κ2) is 12.8. The number of hydrogen-bond donors (Lipinski definition) is 1. The van der Waals surface area contributed by atoms with Gasteiger partial charge in [0, 0.05) is 44.5 Å². The van der Waals surface area contributed by atoms with E-state index in [1.165, 1.54) is 5.56 Å². The molecule has 2 aromatic carbocycles. The Bertz CT molecular complexity index is 1120. The fourth-order valence-electron chi connectivity index (χ4n) is 4.60. The Morgan fingerprint density at radius 1 is 1.03 bits per heavy atom. The summed E-state index contributed by atoms with van der Waals surface area (Å²) in [6, 6.07) is 13.5. The predicted molar refractivity (Wildman–Crippen MR) is 144 cm³/mol. The van der Waals surface area contributed by atoms with Crippen LogP contribution in [0.15, 0.2) is 54.9 Å². The average Bonchev–Trinajstić information content (AvgIpc) is 3.25. The minimum atomic E-state index is -0.862. The zero-order valence-electron chi connectivity index (χ0n) is 20.8. The lowest BCUT2D eigenvalue weighted by Crippen LogP contribution is -2.37. The maximum Gasteiger partial charge on any atom is 0.121 e. The molecule has 0 aliphatic carbocycles. The summed E-state index contributed by atoms with van der Waals surface area (Å²) in [5.74, 6) is 2.63. The second-order valence-electron chi connectivity index (χ2n) is 9.46. The van der Waals surface area contributed by atoms with E-state index in [4.69, 9.17) is 32.7 Å². The van der Waals surface area contributed by atoms with E-state index in [1.807, 2.05) is 18.5 Å². The molecule has 0 bridgehead atoms. The molecule has 0 saturated carbocycles. The van der Waals surface area contributed by atoms with E-state index >= 15 is 0 Å². The molecule has 1 saturated heterocycles. The lowest BCUT2D eigenvalue weighted by molar-refractivity contribution is -0.0168. The molecule has 2 heterocycles. The van der Waals surface area contributed by atoms with Gasteiger partial charge in [-0.3, -0.25) is 4.90 Å². The van der Waals surface area contributed by atoms with Crippen molar-refractivity contribution < 1.29 is 14.6 Å². The summed E-state index contributed by atoms with van der Waals surface area (Å²) >= 11 is 12.1. The Labute approximate surface area is 223 Å². The van der Waals surface area contributed by atoms with E-state index in [0.717, 1.165) is 57.0 Å². The fraction of sp³-hybridized carbons (Fsp3) is 0.464. The van der Waals surface area contributed by atoms with E-state index in [2.05, 4.69) is 39.6 Å². The van der Waals surface area contributed by atoms with Gasteiger partial charge in [0.2, 0.25) is 0 Å². The topological polar surface area (TPSA) is 59.8 Å². The molecule has 1 fully saturated rings. The third-order valence-electron chi connectivity index (χ3n) is 6.64. The molecule has 6 nitrogen and oxygen atoms in total. The van der Waals surface area contributed by atoms with E-state index in [1.54, 1.807) is 18.2 Å². The SMILES string of the molecule is CCc1nccn1CCCOc1cccc(CN2CCC[C@@](O)(COc3ccc(Cl)c(Cl)c3)CC2)c1. The van der Waals surface area contributed by atoms with Crippen LogP contribution in [0, 0.1) is 0 Å². The van der Waals surface area contributed by atoms with Crippen LogP contribution in [0.2, 0.25) is 10.0 Å². The summed E-state index contributed by atoms with van der Waals surface area (Å²) in [4.78, 5) is 6.76. The van der Waals surface area contributed by atoms with Crippen molar-refractivity contribution in [3.8, 4) is 11.5 Å². The van der Waals surface area contributed by atoms with Gasteiger partial charge in [-0.05, 0) is 62.1 Å². The minimum Gasteiger partial charge on any atom is -0.494 e. The number of aliphatic hydroxyl groups is 1. The molecule has 8 heteroatoms. The quantitative estimate of drug-likeness (QED) is 0.306. The lowest BCUT2D eigenvalue weighted by atomic mass is 9.96. The van der Waals surface area contributed by atoms with Gasteiger partial charge in [0.15, 0.2) is 0 Å². The normalized spacial score (nSPS) is 18.7. The predicted octanol–water partition coefficient (Wildman–Crippen LogP) is 6.02. The first kappa shape index (κ1) is 26.8. The van der Waals surface area contributed by atoms with Crippen LogP contribution in [-0.2, 0) is 19.5 Å². The molecule has 4 rings (SSSR count). The van der Waals surface area contributed by atoms with Crippen molar-refractivity contribution >= 4 is 23.2 Å². The first-order valence-corrected chi connectivity index (χ1v) is 13.4. The van der Waals surface area contributed by atoms with Gasteiger partial charge in [-0.2, -0.15) is 0 Å². The summed E-state index contributed by atoms with van der Waals surface area (Å²) in [5, 5.41) is 12.1. The number of hydrogen-bond acceptors (Lipinski definition) is 5. The highest BCUT2D eigenvalue weighted by molar-refractivity contribution is 6.42. The van der Waals surface area contributed by atoms with Gasteiger partial charge in [-0.15, -0.1) is 0 Å². The fourth-order valence-corrected chi connectivity index (χ4v) is 4.88. The molecule has 3 aromatic rings. The summed E-state index contributed by atoms with van der Waals surface area (Å²) in [5.41, 5.74) is 0.353. The standard InChI is InChI=1S/C28H35Cl2N3O3/c1-2-27-31-12-16-33(27)14-5-17-35-23-7-3-6-22(18-23)20-32-13-4-10-28(34,11-15-32)21-36-24-8-9-25(29)26(30)19-24/h3,6-9,12,16,18-19,34H,2,4-5,10-11,13-15,17,20-21H2,1H3/t28-/m0/s1. The first-order chi connectivity index (χ1) is 17.4. The molecule has 194 valence electrons. The molecule has 36 heavy (non-hydrogen) atoms. The van der Waals surface area contributed by atoms with Crippen molar-refractivity contribution in [3.05, 3.63) is 76.3 Å². The average molecular weight is 533 g/mol. The molecule has 0 unspecified atom stereocenters. The van der Waals surface area contributed by atoms with Crippen molar-refractivity contribution in [2.45, 2.75) is 57.7 Å². The van der Waals surface area contributed by atoms with Gasteiger partial charge in [0.1, 0.15) is 23.9 Å². The zero-order valence-corrected chi connectivity index (χ0v) is 22.3. The summed E-state index contributed by atoms with van der Waals surface area (Å²) in [6.45, 7) is 6.50. The van der Waals surface area contributed by atoms with Crippen LogP contribution in [0.3, 0.4) is 0 Å². The summed E-state index contributed by atoms with van der Waals surface area (Å²) < 4.78 is 14.1. The van der Waals surface area contributed by atoms with E-state index in [9.17, 15) is 5.11 Å². The van der Waals surface area contributed by atoms with Crippen LogP contribution in [0.1, 0.15) is 44.0 Å². The van der Waals surface area contributed by atoms with Gasteiger partial charge in [0.05, 0.1) is 22.3 Å². The maximum atomic E-state index is 11.2. The van der Waals surface area contributed by atoms with Crippen molar-refractivity contribution in [1.82, 2.24) is 14.5 Å². The Kier molecular flexibility index (Phi) is 9.54. The van der Waals surface area contributed by atoms with Crippen LogP contribution < -0.4 is 9.47 Å². The van der Waals surface area contributed by atoms with Crippen LogP contribution in [0.4, 0.5) is 0 Å². The van der Waals surface area contributed by atoms with Crippen molar-refractivity contribution in [1.29, 1.82) is 0 Å². The second-order valence-corrected chi connectivity index (χ2v) is 10.3. The number of benzene rings is 2. The highest BCUT2D eigenvalue weighted by Crippen LogP contribution is 2.29. The summed E-state index contributed by atoms with van der Waals surface area (Å²) in [7, 11) is 0. The lowest BCUT2D eigenvalue weighted by Gasteiger charge is -2.27. The van der Waals surface area contributed by atoms with E-state index in [-0.39, 0.29) is 6.61 Å². The minimum absolute atomic E-state index is 0.237. The van der Waals surface area contributed by atoms with Crippen LogP contribution in [0.5, 0.6) is 11.5 Å². The molecule has 0 amide bonds. The monoisotopic (exact) mass is 531 g/mol. The van der Waals surface area contributed by atoms with Crippen LogP contribution in [-0.4, -0.2) is 51.5 Å². The Morgan fingerprint density at radius 3 is 2.72 bits per heavy atom. The van der Waals surface area contributed by atoms with E-state index in [0.29, 0.717) is 35.2 Å². The number of imidazole rings is 1. The number of aryl methyl sites for hydroxylation is 2. The number of aromatic nitrogens is 2. The molecule has 0 spiro atoms. The van der Waals surface area contributed by atoms with Gasteiger partial charge >= 0.3 is 0 Å². The molecule has 1 aromatic heterocycles. The van der Waals surface area contributed by atoms with Crippen LogP contribution in [0.25, 0.3) is 0 Å². The number of rotatable bonds is 11. The molecule has 1 N–H and O–H groups in total. The highest BCUT2D eigenvalue weighted by atomic mass is 35.5. The highest BCUT2D eigenvalue weighted by Gasteiger charge is 2.31. The van der Waals surface area contributed by atoms with Crippen molar-refractivity contribution in [2.24, 2.45) is 0 Å². The molecule has 1 aliphatic rings. The Morgan fingerprint density at radius 2 is 1.89 bits per heavy atom.